The molecule has 4 rings (SSSR count). The Labute approximate surface area is 172 Å². The summed E-state index contributed by atoms with van der Waals surface area (Å²) < 4.78 is 10.6. The second-order valence-corrected chi connectivity index (χ2v) is 6.55. The van der Waals surface area contributed by atoms with Crippen molar-refractivity contribution < 1.29 is 23.9 Å². The third kappa shape index (κ3) is 3.71. The van der Waals surface area contributed by atoms with Crippen molar-refractivity contribution >= 4 is 29.4 Å². The number of carbonyl (C=O) groups excluding carboxylic acids is 3. The molecule has 6 heteroatoms. The van der Waals surface area contributed by atoms with Gasteiger partial charge in [-0.05, 0) is 35.9 Å². The SMILES string of the molecule is COc1cc(C=C2C(=O)c3ccccc3C2=O)ccc1OC(=O)Nc1ccccc1. The molecule has 0 bridgehead atoms. The van der Waals surface area contributed by atoms with Crippen molar-refractivity contribution in [3.05, 3.63) is 95.1 Å². The van der Waals surface area contributed by atoms with Crippen LogP contribution in [0.2, 0.25) is 0 Å². The zero-order chi connectivity index (χ0) is 21.1. The highest BCUT2D eigenvalue weighted by Crippen LogP contribution is 2.32. The predicted molar refractivity (Wildman–Crippen MR) is 112 cm³/mol. The standard InChI is InChI=1S/C24H17NO5/c1-29-21-14-15(13-19-22(26)17-9-5-6-10-18(17)23(19)27)11-12-20(21)30-24(28)25-16-7-3-2-4-8-16/h2-14H,1H3,(H,25,28). The smallest absolute Gasteiger partial charge is 0.417 e. The van der Waals surface area contributed by atoms with Crippen LogP contribution in [-0.4, -0.2) is 24.8 Å². The van der Waals surface area contributed by atoms with E-state index >= 15 is 0 Å². The van der Waals surface area contributed by atoms with E-state index in [1.54, 1.807) is 66.7 Å². The van der Waals surface area contributed by atoms with Crippen LogP contribution >= 0.6 is 0 Å². The molecule has 1 aliphatic rings. The largest absolute Gasteiger partial charge is 0.493 e. The van der Waals surface area contributed by atoms with Gasteiger partial charge in [-0.1, -0.05) is 48.5 Å². The van der Waals surface area contributed by atoms with Crippen LogP contribution in [0.4, 0.5) is 10.5 Å². The number of carbonyl (C=O) groups is 3. The van der Waals surface area contributed by atoms with Gasteiger partial charge < -0.3 is 9.47 Å². The highest BCUT2D eigenvalue weighted by atomic mass is 16.6. The molecule has 1 amide bonds. The molecule has 3 aromatic rings. The minimum absolute atomic E-state index is 0.0914. The van der Waals surface area contributed by atoms with Gasteiger partial charge >= 0.3 is 6.09 Å². The highest BCUT2D eigenvalue weighted by Gasteiger charge is 2.32. The summed E-state index contributed by atoms with van der Waals surface area (Å²) in [7, 11) is 1.44. The van der Waals surface area contributed by atoms with Crippen molar-refractivity contribution in [1.82, 2.24) is 0 Å². The fourth-order valence-electron chi connectivity index (χ4n) is 3.19. The molecule has 0 spiro atoms. The number of hydrogen-bond acceptors (Lipinski definition) is 5. The number of Topliss-reactive ketones (excluding diaryl/α,β-unsaturated/α-hetero) is 2. The molecule has 0 aromatic heterocycles. The first-order chi connectivity index (χ1) is 14.6. The second-order valence-electron chi connectivity index (χ2n) is 6.55. The number of benzene rings is 3. The summed E-state index contributed by atoms with van der Waals surface area (Å²) in [4.78, 5) is 37.2. The Kier molecular flexibility index (Phi) is 5.13. The van der Waals surface area contributed by atoms with Gasteiger partial charge in [0.1, 0.15) is 0 Å². The molecule has 1 aliphatic carbocycles. The van der Waals surface area contributed by atoms with Gasteiger partial charge in [0.05, 0.1) is 12.7 Å². The van der Waals surface area contributed by atoms with Crippen LogP contribution in [0, 0.1) is 0 Å². The van der Waals surface area contributed by atoms with E-state index < -0.39 is 6.09 Å². The van der Waals surface area contributed by atoms with Crippen LogP contribution in [0.1, 0.15) is 26.3 Å². The molecule has 0 unspecified atom stereocenters. The molecule has 30 heavy (non-hydrogen) atoms. The summed E-state index contributed by atoms with van der Waals surface area (Å²) in [6, 6.07) is 20.4. The first kappa shape index (κ1) is 19.1. The lowest BCUT2D eigenvalue weighted by atomic mass is 10.1. The van der Waals surface area contributed by atoms with Gasteiger partial charge in [-0.3, -0.25) is 14.9 Å². The van der Waals surface area contributed by atoms with Crippen LogP contribution in [0.15, 0.2) is 78.4 Å². The van der Waals surface area contributed by atoms with Crippen molar-refractivity contribution in [2.75, 3.05) is 12.4 Å². The highest BCUT2D eigenvalue weighted by molar-refractivity contribution is 6.41. The van der Waals surface area contributed by atoms with Crippen LogP contribution in [0.3, 0.4) is 0 Å². The van der Waals surface area contributed by atoms with E-state index in [0.717, 1.165) is 0 Å². The van der Waals surface area contributed by atoms with Crippen LogP contribution in [0.25, 0.3) is 6.08 Å². The van der Waals surface area contributed by atoms with E-state index in [4.69, 9.17) is 9.47 Å². The Balaban J connectivity index is 1.56. The number of rotatable bonds is 4. The number of fused-ring (bicyclic) bond motifs is 1. The van der Waals surface area contributed by atoms with Crippen LogP contribution in [-0.2, 0) is 0 Å². The molecule has 0 radical (unpaired) electrons. The van der Waals surface area contributed by atoms with E-state index in [1.807, 2.05) is 6.07 Å². The maximum atomic E-state index is 12.6. The van der Waals surface area contributed by atoms with Gasteiger partial charge in [-0.15, -0.1) is 0 Å². The topological polar surface area (TPSA) is 81.7 Å². The lowest BCUT2D eigenvalue weighted by Crippen LogP contribution is -2.17. The zero-order valence-corrected chi connectivity index (χ0v) is 16.0. The average molecular weight is 399 g/mol. The third-order valence-electron chi connectivity index (χ3n) is 4.63. The summed E-state index contributed by atoms with van der Waals surface area (Å²) in [6.07, 6.45) is 0.850. The predicted octanol–water partition coefficient (Wildman–Crippen LogP) is 4.77. The number of ether oxygens (including phenoxy) is 2. The van der Waals surface area contributed by atoms with Crippen molar-refractivity contribution in [3.63, 3.8) is 0 Å². The Morgan fingerprint density at radius 3 is 2.10 bits per heavy atom. The van der Waals surface area contributed by atoms with E-state index in [1.165, 1.54) is 13.2 Å². The molecular formula is C24H17NO5. The van der Waals surface area contributed by atoms with E-state index in [0.29, 0.717) is 28.1 Å². The Morgan fingerprint density at radius 1 is 0.833 bits per heavy atom. The Bertz CT molecular complexity index is 1140. The molecule has 0 saturated carbocycles. The van der Waals surface area contributed by atoms with Gasteiger partial charge in [0.15, 0.2) is 23.1 Å². The van der Waals surface area contributed by atoms with E-state index in [9.17, 15) is 14.4 Å². The molecule has 0 heterocycles. The second kappa shape index (κ2) is 8.05. The summed E-state index contributed by atoms with van der Waals surface area (Å²) in [5, 5.41) is 2.62. The maximum absolute atomic E-state index is 12.6. The Morgan fingerprint density at radius 2 is 1.47 bits per heavy atom. The quantitative estimate of drug-likeness (QED) is 0.505. The van der Waals surface area contributed by atoms with E-state index in [2.05, 4.69) is 5.32 Å². The minimum atomic E-state index is -0.665. The van der Waals surface area contributed by atoms with Gasteiger partial charge in [0.25, 0.3) is 0 Å². The fraction of sp³-hybridized carbons (Fsp3) is 0.0417. The van der Waals surface area contributed by atoms with Crippen molar-refractivity contribution in [2.24, 2.45) is 0 Å². The summed E-state index contributed by atoms with van der Waals surface area (Å²) in [5.41, 5.74) is 2.07. The summed E-state index contributed by atoms with van der Waals surface area (Å²) >= 11 is 0. The number of allylic oxidation sites excluding steroid dienone is 1. The van der Waals surface area contributed by atoms with Gasteiger partial charge in [-0.2, -0.15) is 0 Å². The molecule has 0 aliphatic heterocycles. The normalized spacial score (nSPS) is 12.4. The van der Waals surface area contributed by atoms with Crippen molar-refractivity contribution in [2.45, 2.75) is 0 Å². The first-order valence-electron chi connectivity index (χ1n) is 9.19. The van der Waals surface area contributed by atoms with Gasteiger partial charge in [-0.25, -0.2) is 4.79 Å². The number of nitrogens with one attached hydrogen (secondary N) is 1. The molecule has 148 valence electrons. The molecule has 0 atom stereocenters. The summed E-state index contributed by atoms with van der Waals surface area (Å²) in [5.74, 6) is -0.113. The van der Waals surface area contributed by atoms with E-state index in [-0.39, 0.29) is 22.9 Å². The minimum Gasteiger partial charge on any atom is -0.493 e. The number of amides is 1. The van der Waals surface area contributed by atoms with Gasteiger partial charge in [0, 0.05) is 16.8 Å². The lowest BCUT2D eigenvalue weighted by molar-refractivity contribution is 0.0990. The first-order valence-corrected chi connectivity index (χ1v) is 9.19. The average Bonchev–Trinajstić information content (AvgIpc) is 3.00. The number of methoxy groups -OCH3 is 1. The van der Waals surface area contributed by atoms with Crippen LogP contribution in [0.5, 0.6) is 11.5 Å². The monoisotopic (exact) mass is 399 g/mol. The third-order valence-corrected chi connectivity index (χ3v) is 4.63. The number of hydrogen-bond donors (Lipinski definition) is 1. The molecular weight excluding hydrogens is 382 g/mol. The lowest BCUT2D eigenvalue weighted by Gasteiger charge is -2.11. The Hall–Kier alpha value is -4.19. The molecule has 0 saturated heterocycles. The van der Waals surface area contributed by atoms with Crippen molar-refractivity contribution in [1.29, 1.82) is 0 Å². The summed E-state index contributed by atoms with van der Waals surface area (Å²) in [6.45, 7) is 0. The zero-order valence-electron chi connectivity index (χ0n) is 16.0. The van der Waals surface area contributed by atoms with Crippen molar-refractivity contribution in [3.8, 4) is 11.5 Å². The maximum Gasteiger partial charge on any atom is 0.417 e. The molecule has 3 aromatic carbocycles. The fourth-order valence-corrected chi connectivity index (χ4v) is 3.19. The number of para-hydroxylation sites is 1. The molecule has 0 fully saturated rings. The molecule has 6 nitrogen and oxygen atoms in total. The van der Waals surface area contributed by atoms with Crippen LogP contribution < -0.4 is 14.8 Å². The van der Waals surface area contributed by atoms with Gasteiger partial charge in [0.2, 0.25) is 0 Å². The molecule has 1 N–H and O–H groups in total. The number of ketones is 2. The number of anilines is 1.